The first-order valence-corrected chi connectivity index (χ1v) is 11.9. The molecular formula is C24H29F3N6O2. The lowest BCUT2D eigenvalue weighted by Crippen LogP contribution is -2.39. The van der Waals surface area contributed by atoms with Crippen LogP contribution in [0.25, 0.3) is 11.0 Å². The van der Waals surface area contributed by atoms with Gasteiger partial charge in [0, 0.05) is 31.0 Å². The van der Waals surface area contributed by atoms with Gasteiger partial charge < -0.3 is 14.4 Å². The Bertz CT molecular complexity index is 1210. The number of halogens is 3. The Balaban J connectivity index is 1.34. The highest BCUT2D eigenvalue weighted by molar-refractivity contribution is 5.82. The maximum atomic E-state index is 12.8. The normalized spacial score (nSPS) is 22.9. The van der Waals surface area contributed by atoms with E-state index in [0.717, 1.165) is 16.8 Å². The van der Waals surface area contributed by atoms with Gasteiger partial charge in [-0.05, 0) is 50.7 Å². The molecule has 35 heavy (non-hydrogen) atoms. The standard InChI is InChI=1S/C24H29F3N6O2/c1-14-8-19-21(29-15(14)2)30-23(33-5-7-34-20(13-33)17-11-28-32(3)12-17)31-22(19)35-6-4-16-9-18(10-16)24(25,26)27/h8,11-12,16,18,20H,4-7,9-10,13H2,1-3H3/t16-,18-,20-/m0/s1. The van der Waals surface area contributed by atoms with Crippen molar-refractivity contribution in [1.29, 1.82) is 0 Å². The predicted molar refractivity (Wildman–Crippen MR) is 123 cm³/mol. The van der Waals surface area contributed by atoms with Gasteiger partial charge in [0.25, 0.3) is 0 Å². The average molecular weight is 491 g/mol. The molecule has 188 valence electrons. The number of morpholine rings is 1. The van der Waals surface area contributed by atoms with Crippen molar-refractivity contribution in [2.45, 2.75) is 45.4 Å². The van der Waals surface area contributed by atoms with E-state index in [4.69, 9.17) is 19.4 Å². The lowest BCUT2D eigenvalue weighted by molar-refractivity contribution is -0.205. The summed E-state index contributed by atoms with van der Waals surface area (Å²) < 4.78 is 52.1. The van der Waals surface area contributed by atoms with Gasteiger partial charge >= 0.3 is 6.18 Å². The summed E-state index contributed by atoms with van der Waals surface area (Å²) in [6, 6.07) is 1.96. The molecule has 0 bridgehead atoms. The van der Waals surface area contributed by atoms with Crippen LogP contribution in [0.2, 0.25) is 0 Å². The lowest BCUT2D eigenvalue weighted by atomic mass is 9.73. The van der Waals surface area contributed by atoms with Gasteiger partial charge in [0.05, 0.1) is 37.3 Å². The van der Waals surface area contributed by atoms with Gasteiger partial charge in [-0.2, -0.15) is 28.2 Å². The first-order valence-electron chi connectivity index (χ1n) is 11.9. The predicted octanol–water partition coefficient (Wildman–Crippen LogP) is 4.31. The van der Waals surface area contributed by atoms with Crippen LogP contribution in [0.1, 0.15) is 42.2 Å². The Kier molecular flexibility index (Phi) is 6.29. The number of anilines is 1. The Hall–Kier alpha value is -2.95. The molecule has 3 aromatic heterocycles. The Morgan fingerprint density at radius 2 is 1.97 bits per heavy atom. The van der Waals surface area contributed by atoms with Gasteiger partial charge in [-0.25, -0.2) is 4.98 Å². The summed E-state index contributed by atoms with van der Waals surface area (Å²) in [6.07, 6.45) is 0.379. The number of hydrogen-bond donors (Lipinski definition) is 0. The smallest absolute Gasteiger partial charge is 0.391 e. The van der Waals surface area contributed by atoms with Crippen LogP contribution in [0.5, 0.6) is 5.88 Å². The summed E-state index contributed by atoms with van der Waals surface area (Å²) in [5, 5.41) is 4.94. The van der Waals surface area contributed by atoms with E-state index < -0.39 is 12.1 Å². The van der Waals surface area contributed by atoms with Crippen LogP contribution >= 0.6 is 0 Å². The zero-order valence-corrected chi connectivity index (χ0v) is 20.0. The van der Waals surface area contributed by atoms with Crippen molar-refractivity contribution in [3.63, 3.8) is 0 Å². The van der Waals surface area contributed by atoms with E-state index in [0.29, 0.717) is 55.6 Å². The first kappa shape index (κ1) is 23.8. The van der Waals surface area contributed by atoms with E-state index in [1.165, 1.54) is 0 Å². The molecule has 3 aromatic rings. The number of aryl methyl sites for hydroxylation is 3. The summed E-state index contributed by atoms with van der Waals surface area (Å²) in [4.78, 5) is 16.1. The highest BCUT2D eigenvalue weighted by atomic mass is 19.4. The Labute approximate surface area is 201 Å². The molecular weight excluding hydrogens is 461 g/mol. The maximum absolute atomic E-state index is 12.8. The third-order valence-electron chi connectivity index (χ3n) is 6.99. The lowest BCUT2D eigenvalue weighted by Gasteiger charge is -2.36. The fourth-order valence-corrected chi connectivity index (χ4v) is 4.66. The molecule has 1 aliphatic carbocycles. The molecule has 4 heterocycles. The van der Waals surface area contributed by atoms with E-state index in [9.17, 15) is 13.2 Å². The zero-order chi connectivity index (χ0) is 24.7. The molecule has 1 aliphatic heterocycles. The molecule has 2 aliphatic rings. The number of hydrogen-bond acceptors (Lipinski definition) is 7. The van der Waals surface area contributed by atoms with Crippen LogP contribution in [0, 0.1) is 25.7 Å². The number of pyridine rings is 1. The van der Waals surface area contributed by atoms with Crippen LogP contribution in [-0.4, -0.2) is 57.2 Å². The molecule has 8 nitrogen and oxygen atoms in total. The summed E-state index contributed by atoms with van der Waals surface area (Å²) in [6.45, 7) is 5.88. The third kappa shape index (κ3) is 5.05. The molecule has 0 amide bonds. The minimum atomic E-state index is -4.10. The van der Waals surface area contributed by atoms with Crippen molar-refractivity contribution in [2.24, 2.45) is 18.9 Å². The third-order valence-corrected chi connectivity index (χ3v) is 6.99. The fourth-order valence-electron chi connectivity index (χ4n) is 4.66. The first-order chi connectivity index (χ1) is 16.7. The summed E-state index contributed by atoms with van der Waals surface area (Å²) in [5.74, 6) is -0.239. The molecule has 0 aromatic carbocycles. The zero-order valence-electron chi connectivity index (χ0n) is 20.0. The van der Waals surface area contributed by atoms with Crippen LogP contribution in [0.4, 0.5) is 19.1 Å². The summed E-state index contributed by atoms with van der Waals surface area (Å²) in [7, 11) is 1.86. The Morgan fingerprint density at radius 1 is 1.17 bits per heavy atom. The number of alkyl halides is 3. The molecule has 5 rings (SSSR count). The largest absolute Gasteiger partial charge is 0.477 e. The number of fused-ring (bicyclic) bond motifs is 1. The molecule has 1 atom stereocenters. The van der Waals surface area contributed by atoms with Crippen molar-refractivity contribution in [1.82, 2.24) is 24.7 Å². The monoisotopic (exact) mass is 490 g/mol. The van der Waals surface area contributed by atoms with Gasteiger partial charge in [-0.15, -0.1) is 0 Å². The van der Waals surface area contributed by atoms with E-state index >= 15 is 0 Å². The van der Waals surface area contributed by atoms with Gasteiger partial charge in [-0.1, -0.05) is 0 Å². The average Bonchev–Trinajstić information content (AvgIpc) is 3.21. The summed E-state index contributed by atoms with van der Waals surface area (Å²) in [5.41, 5.74) is 3.39. The van der Waals surface area contributed by atoms with E-state index in [2.05, 4.69) is 10.1 Å². The van der Waals surface area contributed by atoms with Crippen molar-refractivity contribution in [2.75, 3.05) is 31.2 Å². The second-order valence-corrected chi connectivity index (χ2v) is 9.56. The molecule has 0 spiro atoms. The van der Waals surface area contributed by atoms with Gasteiger partial charge in [0.2, 0.25) is 11.8 Å². The molecule has 11 heteroatoms. The minimum absolute atomic E-state index is 0.0239. The van der Waals surface area contributed by atoms with Crippen LogP contribution in [0.3, 0.4) is 0 Å². The van der Waals surface area contributed by atoms with Crippen LogP contribution < -0.4 is 9.64 Å². The molecule has 0 unspecified atom stereocenters. The number of nitrogens with zero attached hydrogens (tertiary/aromatic N) is 6. The number of rotatable bonds is 6. The quantitative estimate of drug-likeness (QED) is 0.510. The summed E-state index contributed by atoms with van der Waals surface area (Å²) >= 11 is 0. The van der Waals surface area contributed by atoms with Crippen LogP contribution in [-0.2, 0) is 11.8 Å². The van der Waals surface area contributed by atoms with E-state index in [1.807, 2.05) is 38.1 Å². The van der Waals surface area contributed by atoms with Crippen molar-refractivity contribution < 1.29 is 22.6 Å². The van der Waals surface area contributed by atoms with Crippen molar-refractivity contribution in [3.05, 3.63) is 35.3 Å². The highest BCUT2D eigenvalue weighted by Crippen LogP contribution is 2.46. The second kappa shape index (κ2) is 9.25. The molecule has 1 saturated carbocycles. The van der Waals surface area contributed by atoms with Gasteiger partial charge in [0.15, 0.2) is 5.65 Å². The molecule has 0 radical (unpaired) electrons. The van der Waals surface area contributed by atoms with E-state index in [-0.39, 0.29) is 24.9 Å². The van der Waals surface area contributed by atoms with Crippen molar-refractivity contribution in [3.8, 4) is 5.88 Å². The maximum Gasteiger partial charge on any atom is 0.391 e. The highest BCUT2D eigenvalue weighted by Gasteiger charge is 2.47. The molecule has 0 N–H and O–H groups in total. The topological polar surface area (TPSA) is 78.2 Å². The van der Waals surface area contributed by atoms with Crippen molar-refractivity contribution >= 4 is 17.0 Å². The van der Waals surface area contributed by atoms with Gasteiger partial charge in [0.1, 0.15) is 6.10 Å². The molecule has 1 saturated heterocycles. The number of aromatic nitrogens is 5. The SMILES string of the molecule is Cc1cc2c(OCC[C@H]3C[C@H](C(F)(F)F)C3)nc(N3CCO[C@H](c4cnn(C)c4)C3)nc2nc1C. The Morgan fingerprint density at radius 3 is 2.69 bits per heavy atom. The minimum Gasteiger partial charge on any atom is -0.477 e. The fraction of sp³-hybridized carbons (Fsp3) is 0.583. The molecule has 2 fully saturated rings. The van der Waals surface area contributed by atoms with Gasteiger partial charge in [-0.3, -0.25) is 4.68 Å². The van der Waals surface area contributed by atoms with E-state index in [1.54, 1.807) is 10.9 Å². The second-order valence-electron chi connectivity index (χ2n) is 9.56. The van der Waals surface area contributed by atoms with Crippen LogP contribution in [0.15, 0.2) is 18.5 Å². The number of ether oxygens (including phenoxy) is 2.